The quantitative estimate of drug-likeness (QED) is 0.764. The van der Waals surface area contributed by atoms with Crippen molar-refractivity contribution in [3.8, 4) is 10.7 Å². The first-order valence-corrected chi connectivity index (χ1v) is 10.2. The average Bonchev–Trinajstić information content (AvgIpc) is 3.14. The van der Waals surface area contributed by atoms with Gasteiger partial charge in [0, 0.05) is 45.1 Å². The van der Waals surface area contributed by atoms with Gasteiger partial charge in [-0.2, -0.15) is 4.98 Å². The van der Waals surface area contributed by atoms with Crippen LogP contribution in [0.1, 0.15) is 25.2 Å². The maximum absolute atomic E-state index is 12.4. The van der Waals surface area contributed by atoms with E-state index in [1.54, 1.807) is 11.3 Å². The van der Waals surface area contributed by atoms with Crippen LogP contribution in [0.5, 0.6) is 0 Å². The van der Waals surface area contributed by atoms with E-state index < -0.39 is 0 Å². The first-order valence-electron chi connectivity index (χ1n) is 9.33. The van der Waals surface area contributed by atoms with E-state index in [1.165, 1.54) is 0 Å². The number of amides is 2. The highest BCUT2D eigenvalue weighted by Crippen LogP contribution is 2.21. The molecule has 27 heavy (non-hydrogen) atoms. The molecule has 1 saturated heterocycles. The van der Waals surface area contributed by atoms with E-state index >= 15 is 0 Å². The molecule has 1 aliphatic heterocycles. The van der Waals surface area contributed by atoms with Crippen molar-refractivity contribution in [2.24, 2.45) is 0 Å². The minimum Gasteiger partial charge on any atom is -0.352 e. The van der Waals surface area contributed by atoms with Gasteiger partial charge in [0.15, 0.2) is 0 Å². The minimum atomic E-state index is 0.0907. The van der Waals surface area contributed by atoms with Crippen LogP contribution in [0.4, 0.5) is 0 Å². The van der Waals surface area contributed by atoms with Crippen molar-refractivity contribution in [1.29, 1.82) is 0 Å². The van der Waals surface area contributed by atoms with Crippen LogP contribution in [0.15, 0.2) is 22.0 Å². The number of rotatable bonds is 7. The lowest BCUT2D eigenvalue weighted by molar-refractivity contribution is -0.133. The molecule has 2 amide bonds. The fraction of sp³-hybridized carbons (Fsp3) is 0.556. The number of hydrogen-bond donors (Lipinski definition) is 1. The molecule has 2 fully saturated rings. The number of nitrogens with zero attached hydrogens (tertiary/aromatic N) is 4. The fourth-order valence-corrected chi connectivity index (χ4v) is 3.74. The van der Waals surface area contributed by atoms with Crippen LogP contribution in [-0.2, 0) is 16.0 Å². The molecule has 1 aliphatic carbocycles. The summed E-state index contributed by atoms with van der Waals surface area (Å²) >= 11 is 1.55. The Morgan fingerprint density at radius 3 is 2.78 bits per heavy atom. The Hall–Kier alpha value is -2.26. The molecule has 1 saturated carbocycles. The first kappa shape index (κ1) is 18.1. The molecule has 0 bridgehead atoms. The normalized spacial score (nSPS) is 17.9. The summed E-state index contributed by atoms with van der Waals surface area (Å²) in [6.07, 6.45) is 3.00. The minimum absolute atomic E-state index is 0.0907. The van der Waals surface area contributed by atoms with Crippen molar-refractivity contribution in [3.63, 3.8) is 0 Å². The third-order valence-corrected chi connectivity index (χ3v) is 5.66. The van der Waals surface area contributed by atoms with Crippen LogP contribution in [-0.4, -0.2) is 70.5 Å². The van der Waals surface area contributed by atoms with Crippen LogP contribution in [0.25, 0.3) is 10.7 Å². The number of carbonyl (C=O) groups is 2. The van der Waals surface area contributed by atoms with Crippen molar-refractivity contribution in [1.82, 2.24) is 25.3 Å². The maximum atomic E-state index is 12.4. The van der Waals surface area contributed by atoms with E-state index in [0.717, 1.165) is 30.8 Å². The second-order valence-corrected chi connectivity index (χ2v) is 7.94. The molecule has 2 aromatic rings. The number of nitrogens with one attached hydrogen (secondary N) is 1. The van der Waals surface area contributed by atoms with E-state index in [1.807, 2.05) is 22.4 Å². The average molecular weight is 389 g/mol. The van der Waals surface area contributed by atoms with Gasteiger partial charge in [0.1, 0.15) is 0 Å². The summed E-state index contributed by atoms with van der Waals surface area (Å²) in [6.45, 7) is 3.19. The molecule has 4 rings (SSSR count). The van der Waals surface area contributed by atoms with Gasteiger partial charge in [-0.05, 0) is 24.3 Å². The van der Waals surface area contributed by atoms with Crippen molar-refractivity contribution in [2.45, 2.75) is 31.7 Å². The molecule has 0 spiro atoms. The predicted molar refractivity (Wildman–Crippen MR) is 100 cm³/mol. The lowest BCUT2D eigenvalue weighted by Gasteiger charge is -2.34. The van der Waals surface area contributed by atoms with Crippen LogP contribution in [0, 0.1) is 0 Å². The number of carbonyl (C=O) groups excluding carboxylic acids is 2. The topological polar surface area (TPSA) is 91.6 Å². The molecule has 144 valence electrons. The predicted octanol–water partition coefficient (Wildman–Crippen LogP) is 1.15. The van der Waals surface area contributed by atoms with Crippen molar-refractivity contribution < 1.29 is 14.1 Å². The number of aryl methyl sites for hydroxylation is 1. The van der Waals surface area contributed by atoms with Crippen molar-refractivity contribution in [3.05, 3.63) is 23.4 Å². The SMILES string of the molecule is O=C(CN1CCN(C(=O)CCc2nc(-c3cccs3)no2)CC1)NC1CC1. The third kappa shape index (κ3) is 4.92. The van der Waals surface area contributed by atoms with Crippen molar-refractivity contribution in [2.75, 3.05) is 32.7 Å². The molecule has 3 heterocycles. The van der Waals surface area contributed by atoms with Gasteiger partial charge < -0.3 is 14.7 Å². The first-order chi connectivity index (χ1) is 13.2. The van der Waals surface area contributed by atoms with Gasteiger partial charge in [-0.1, -0.05) is 11.2 Å². The lowest BCUT2D eigenvalue weighted by atomic mass is 10.2. The van der Waals surface area contributed by atoms with Gasteiger partial charge in [-0.25, -0.2) is 0 Å². The Kier molecular flexibility index (Phi) is 5.49. The highest BCUT2D eigenvalue weighted by molar-refractivity contribution is 7.13. The zero-order valence-electron chi connectivity index (χ0n) is 15.1. The summed E-state index contributed by atoms with van der Waals surface area (Å²) < 4.78 is 5.25. The third-order valence-electron chi connectivity index (χ3n) is 4.80. The van der Waals surface area contributed by atoms with Crippen LogP contribution < -0.4 is 5.32 Å². The van der Waals surface area contributed by atoms with Gasteiger partial charge in [-0.15, -0.1) is 11.3 Å². The van der Waals surface area contributed by atoms with E-state index in [9.17, 15) is 9.59 Å². The molecule has 0 aromatic carbocycles. The van der Waals surface area contributed by atoms with Gasteiger partial charge in [0.05, 0.1) is 11.4 Å². The van der Waals surface area contributed by atoms with Crippen LogP contribution >= 0.6 is 11.3 Å². The van der Waals surface area contributed by atoms with Gasteiger partial charge in [-0.3, -0.25) is 14.5 Å². The zero-order chi connectivity index (χ0) is 18.6. The summed E-state index contributed by atoms with van der Waals surface area (Å²) in [5.74, 6) is 1.25. The standard InChI is InChI=1S/C18H23N5O3S/c24-15(19-13-3-4-13)12-22-7-9-23(10-8-22)17(25)6-5-16-20-18(21-26-16)14-2-1-11-27-14/h1-2,11,13H,3-10,12H2,(H,19,24). The van der Waals surface area contributed by atoms with E-state index in [2.05, 4.69) is 20.4 Å². The molecule has 1 N–H and O–H groups in total. The summed E-state index contributed by atoms with van der Waals surface area (Å²) in [7, 11) is 0. The summed E-state index contributed by atoms with van der Waals surface area (Å²) in [4.78, 5) is 33.6. The summed E-state index contributed by atoms with van der Waals surface area (Å²) in [6, 6.07) is 4.27. The number of aromatic nitrogens is 2. The monoisotopic (exact) mass is 389 g/mol. The second kappa shape index (κ2) is 8.18. The van der Waals surface area contributed by atoms with Crippen LogP contribution in [0.2, 0.25) is 0 Å². The number of thiophene rings is 1. The number of piperazine rings is 1. The Bertz CT molecular complexity index is 779. The largest absolute Gasteiger partial charge is 0.352 e. The molecule has 8 nitrogen and oxygen atoms in total. The fourth-order valence-electron chi connectivity index (χ4n) is 3.09. The zero-order valence-corrected chi connectivity index (χ0v) is 15.9. The highest BCUT2D eigenvalue weighted by Gasteiger charge is 2.26. The van der Waals surface area contributed by atoms with E-state index in [-0.39, 0.29) is 11.8 Å². The molecule has 2 aliphatic rings. The smallest absolute Gasteiger partial charge is 0.234 e. The Balaban J connectivity index is 1.19. The lowest BCUT2D eigenvalue weighted by Crippen LogP contribution is -2.51. The Morgan fingerprint density at radius 1 is 1.26 bits per heavy atom. The molecular weight excluding hydrogens is 366 g/mol. The molecule has 2 aromatic heterocycles. The van der Waals surface area contributed by atoms with Gasteiger partial charge >= 0.3 is 0 Å². The summed E-state index contributed by atoms with van der Waals surface area (Å²) in [5.41, 5.74) is 0. The Morgan fingerprint density at radius 2 is 2.07 bits per heavy atom. The molecular formula is C18H23N5O3S. The molecule has 0 unspecified atom stereocenters. The second-order valence-electron chi connectivity index (χ2n) is 6.99. The van der Waals surface area contributed by atoms with Crippen LogP contribution in [0.3, 0.4) is 0 Å². The molecule has 0 atom stereocenters. The maximum Gasteiger partial charge on any atom is 0.234 e. The van der Waals surface area contributed by atoms with Crippen molar-refractivity contribution >= 4 is 23.2 Å². The van der Waals surface area contributed by atoms with E-state index in [0.29, 0.717) is 50.2 Å². The molecule has 9 heteroatoms. The highest BCUT2D eigenvalue weighted by atomic mass is 32.1. The number of hydrogen-bond acceptors (Lipinski definition) is 7. The van der Waals surface area contributed by atoms with Gasteiger partial charge in [0.2, 0.25) is 23.5 Å². The summed E-state index contributed by atoms with van der Waals surface area (Å²) in [5, 5.41) is 8.93. The Labute approximate surface area is 161 Å². The van der Waals surface area contributed by atoms with E-state index in [4.69, 9.17) is 4.52 Å². The van der Waals surface area contributed by atoms with Gasteiger partial charge in [0.25, 0.3) is 0 Å². The molecule has 0 radical (unpaired) electrons.